The van der Waals surface area contributed by atoms with Crippen molar-refractivity contribution in [1.82, 2.24) is 4.31 Å². The van der Waals surface area contributed by atoms with E-state index in [0.717, 1.165) is 6.07 Å². The van der Waals surface area contributed by atoms with E-state index < -0.39 is 21.4 Å². The standard InChI is InChI=1S/C13H16FN3O2S/c1-9-8-17(6-5-12(9)16)20(18,19)13-4-2-3-11(14)10(13)7-15/h2-4,9,12H,5-6,8,16H2,1H3. The molecule has 5 nitrogen and oxygen atoms in total. The first-order chi connectivity index (χ1) is 9.37. The number of piperidine rings is 1. The van der Waals surface area contributed by atoms with Crippen molar-refractivity contribution in [2.24, 2.45) is 11.7 Å². The van der Waals surface area contributed by atoms with Gasteiger partial charge in [-0.3, -0.25) is 0 Å². The molecule has 7 heteroatoms. The van der Waals surface area contributed by atoms with Crippen LogP contribution in [0.15, 0.2) is 23.1 Å². The molecule has 20 heavy (non-hydrogen) atoms. The van der Waals surface area contributed by atoms with Gasteiger partial charge in [0.05, 0.1) is 0 Å². The Morgan fingerprint density at radius 3 is 2.80 bits per heavy atom. The maximum Gasteiger partial charge on any atom is 0.244 e. The van der Waals surface area contributed by atoms with E-state index in [2.05, 4.69) is 0 Å². The van der Waals surface area contributed by atoms with Gasteiger partial charge in [-0.1, -0.05) is 13.0 Å². The van der Waals surface area contributed by atoms with Crippen molar-refractivity contribution in [2.75, 3.05) is 13.1 Å². The molecule has 0 aliphatic carbocycles. The molecule has 1 fully saturated rings. The molecular formula is C13H16FN3O2S. The summed E-state index contributed by atoms with van der Waals surface area (Å²) >= 11 is 0. The first-order valence-corrected chi connectivity index (χ1v) is 7.76. The van der Waals surface area contributed by atoms with Gasteiger partial charge in [0, 0.05) is 19.1 Å². The molecule has 0 aromatic heterocycles. The minimum atomic E-state index is -3.87. The van der Waals surface area contributed by atoms with Crippen LogP contribution in [0.5, 0.6) is 0 Å². The number of hydrogen-bond acceptors (Lipinski definition) is 4. The Bertz CT molecular complexity index is 654. The third-order valence-electron chi connectivity index (χ3n) is 3.64. The monoisotopic (exact) mass is 297 g/mol. The van der Waals surface area contributed by atoms with E-state index in [1.165, 1.54) is 16.4 Å². The first-order valence-electron chi connectivity index (χ1n) is 6.32. The minimum Gasteiger partial charge on any atom is -0.327 e. The van der Waals surface area contributed by atoms with Crippen LogP contribution in [0.3, 0.4) is 0 Å². The summed E-state index contributed by atoms with van der Waals surface area (Å²) in [5, 5.41) is 8.96. The molecule has 2 unspecified atom stereocenters. The van der Waals surface area contributed by atoms with Gasteiger partial charge in [0.25, 0.3) is 0 Å². The molecule has 0 bridgehead atoms. The molecule has 0 radical (unpaired) electrons. The van der Waals surface area contributed by atoms with Crippen LogP contribution in [-0.4, -0.2) is 31.9 Å². The predicted molar refractivity (Wildman–Crippen MR) is 71.6 cm³/mol. The number of sulfonamides is 1. The molecule has 0 amide bonds. The van der Waals surface area contributed by atoms with E-state index >= 15 is 0 Å². The summed E-state index contributed by atoms with van der Waals surface area (Å²) in [6, 6.07) is 5.22. The number of nitriles is 1. The maximum atomic E-state index is 13.6. The maximum absolute atomic E-state index is 13.6. The van der Waals surface area contributed by atoms with Crippen LogP contribution in [0.4, 0.5) is 4.39 Å². The molecule has 108 valence electrons. The Hall–Kier alpha value is -1.49. The van der Waals surface area contributed by atoms with Gasteiger partial charge in [-0.05, 0) is 24.5 Å². The normalized spacial score (nSPS) is 24.3. The van der Waals surface area contributed by atoms with Crippen LogP contribution >= 0.6 is 0 Å². The Balaban J connectivity index is 2.42. The highest BCUT2D eigenvalue weighted by Gasteiger charge is 2.33. The fourth-order valence-electron chi connectivity index (χ4n) is 2.31. The average molecular weight is 297 g/mol. The van der Waals surface area contributed by atoms with E-state index in [0.29, 0.717) is 6.42 Å². The number of rotatable bonds is 2. The Morgan fingerprint density at radius 1 is 1.50 bits per heavy atom. The lowest BCUT2D eigenvalue weighted by molar-refractivity contribution is 0.250. The zero-order valence-corrected chi connectivity index (χ0v) is 11.9. The van der Waals surface area contributed by atoms with Crippen molar-refractivity contribution in [3.05, 3.63) is 29.6 Å². The zero-order chi connectivity index (χ0) is 14.9. The number of nitrogens with two attached hydrogens (primary N) is 1. The molecule has 1 aliphatic heterocycles. The second-order valence-electron chi connectivity index (χ2n) is 5.02. The number of halogens is 1. The Morgan fingerprint density at radius 2 is 2.20 bits per heavy atom. The summed E-state index contributed by atoms with van der Waals surface area (Å²) < 4.78 is 39.9. The Labute approximate surface area is 117 Å². The summed E-state index contributed by atoms with van der Waals surface area (Å²) in [5.74, 6) is -0.798. The summed E-state index contributed by atoms with van der Waals surface area (Å²) in [6.45, 7) is 2.45. The molecule has 1 aliphatic rings. The van der Waals surface area contributed by atoms with Gasteiger partial charge < -0.3 is 5.73 Å². The molecule has 1 aromatic carbocycles. The smallest absolute Gasteiger partial charge is 0.244 e. The van der Waals surface area contributed by atoms with Gasteiger partial charge >= 0.3 is 0 Å². The summed E-state index contributed by atoms with van der Waals surface area (Å²) in [6.07, 6.45) is 0.553. The number of nitrogens with zero attached hydrogens (tertiary/aromatic N) is 2. The molecule has 2 rings (SSSR count). The van der Waals surface area contributed by atoms with Crippen molar-refractivity contribution >= 4 is 10.0 Å². The van der Waals surface area contributed by atoms with E-state index in [9.17, 15) is 12.8 Å². The fraction of sp³-hybridized carbons (Fsp3) is 0.462. The van der Waals surface area contributed by atoms with Crippen LogP contribution in [0.2, 0.25) is 0 Å². The summed E-state index contributed by atoms with van der Waals surface area (Å²) in [7, 11) is -3.87. The van der Waals surface area contributed by atoms with Crippen molar-refractivity contribution in [3.8, 4) is 6.07 Å². The largest absolute Gasteiger partial charge is 0.327 e. The van der Waals surface area contributed by atoms with Crippen molar-refractivity contribution in [1.29, 1.82) is 5.26 Å². The molecule has 1 aromatic rings. The van der Waals surface area contributed by atoms with Crippen molar-refractivity contribution < 1.29 is 12.8 Å². The third kappa shape index (κ3) is 2.54. The lowest BCUT2D eigenvalue weighted by Crippen LogP contribution is -2.48. The number of hydrogen-bond donors (Lipinski definition) is 1. The second-order valence-corrected chi connectivity index (χ2v) is 6.92. The van der Waals surface area contributed by atoms with E-state index in [-0.39, 0.29) is 29.9 Å². The van der Waals surface area contributed by atoms with Crippen LogP contribution in [0.1, 0.15) is 18.9 Å². The predicted octanol–water partition coefficient (Wildman–Crippen LogP) is 1.06. The van der Waals surface area contributed by atoms with Gasteiger partial charge in [-0.15, -0.1) is 0 Å². The van der Waals surface area contributed by atoms with E-state index in [1.54, 1.807) is 6.07 Å². The SMILES string of the molecule is CC1CN(S(=O)(=O)c2cccc(F)c2C#N)CCC1N. The lowest BCUT2D eigenvalue weighted by Gasteiger charge is -2.34. The highest BCUT2D eigenvalue weighted by molar-refractivity contribution is 7.89. The highest BCUT2D eigenvalue weighted by Crippen LogP contribution is 2.26. The van der Waals surface area contributed by atoms with Crippen LogP contribution in [0.25, 0.3) is 0 Å². The van der Waals surface area contributed by atoms with E-state index in [1.807, 2.05) is 6.92 Å². The van der Waals surface area contributed by atoms with Gasteiger partial charge in [-0.2, -0.15) is 9.57 Å². The van der Waals surface area contributed by atoms with Crippen LogP contribution < -0.4 is 5.73 Å². The molecule has 0 spiro atoms. The number of benzene rings is 1. The molecule has 1 heterocycles. The fourth-order valence-corrected chi connectivity index (χ4v) is 4.02. The molecule has 2 atom stereocenters. The lowest BCUT2D eigenvalue weighted by atomic mass is 9.96. The average Bonchev–Trinajstić information content (AvgIpc) is 2.41. The Kier molecular flexibility index (Phi) is 4.09. The quantitative estimate of drug-likeness (QED) is 0.884. The summed E-state index contributed by atoms with van der Waals surface area (Å²) in [5.41, 5.74) is 5.43. The van der Waals surface area contributed by atoms with Gasteiger partial charge in [-0.25, -0.2) is 12.8 Å². The third-order valence-corrected chi connectivity index (χ3v) is 5.55. The first kappa shape index (κ1) is 14.9. The second kappa shape index (κ2) is 5.48. The minimum absolute atomic E-state index is 0.0256. The molecule has 1 saturated heterocycles. The molecular weight excluding hydrogens is 281 g/mol. The van der Waals surface area contributed by atoms with Crippen molar-refractivity contribution in [3.63, 3.8) is 0 Å². The topological polar surface area (TPSA) is 87.2 Å². The van der Waals surface area contributed by atoms with Gasteiger partial charge in [0.2, 0.25) is 10.0 Å². The van der Waals surface area contributed by atoms with Crippen LogP contribution in [0, 0.1) is 23.1 Å². The van der Waals surface area contributed by atoms with Gasteiger partial charge in [0.15, 0.2) is 0 Å². The highest BCUT2D eigenvalue weighted by atomic mass is 32.2. The van der Waals surface area contributed by atoms with Gasteiger partial charge in [0.1, 0.15) is 22.3 Å². The van der Waals surface area contributed by atoms with Crippen molar-refractivity contribution in [2.45, 2.75) is 24.3 Å². The van der Waals surface area contributed by atoms with Crippen LogP contribution in [-0.2, 0) is 10.0 Å². The van der Waals surface area contributed by atoms with E-state index in [4.69, 9.17) is 11.0 Å². The molecule has 0 saturated carbocycles. The zero-order valence-electron chi connectivity index (χ0n) is 11.1. The summed E-state index contributed by atoms with van der Waals surface area (Å²) in [4.78, 5) is -0.275. The molecule has 2 N–H and O–H groups in total.